The molecule has 2 aliphatic rings. The number of halogens is 2. The minimum Gasteiger partial charge on any atom is -0.368 e. The molecule has 2 heterocycles. The van der Waals surface area contributed by atoms with Crippen LogP contribution in [-0.4, -0.2) is 43.0 Å². The topological polar surface area (TPSA) is 79.5 Å². The molecular formula is C17H21F2N3O3. The van der Waals surface area contributed by atoms with Gasteiger partial charge in [-0.15, -0.1) is 0 Å². The predicted octanol–water partition coefficient (Wildman–Crippen LogP) is 1.42. The Morgan fingerprint density at radius 1 is 1.32 bits per heavy atom. The highest BCUT2D eigenvalue weighted by Crippen LogP contribution is 2.25. The van der Waals surface area contributed by atoms with Crippen LogP contribution in [-0.2, 0) is 20.9 Å². The molecule has 0 spiro atoms. The molecule has 3 N–H and O–H groups in total. The Hall–Kier alpha value is -2.06. The standard InChI is InChI=1S/C17H21F2N3O3/c18-17(19)8-13(21-10-17)15(23)20-9-11-3-1-4-12(7-11)22-16(24)14-5-2-6-25-14/h1,3-4,7,13-14,21H,2,5-6,8-10H2,(H,20,23)(H,22,24). The molecule has 8 heteroatoms. The molecule has 136 valence electrons. The highest BCUT2D eigenvalue weighted by atomic mass is 19.3. The number of hydrogen-bond acceptors (Lipinski definition) is 4. The number of anilines is 1. The normalized spacial score (nSPS) is 24.9. The van der Waals surface area contributed by atoms with Crippen LogP contribution >= 0.6 is 0 Å². The van der Waals surface area contributed by atoms with Gasteiger partial charge in [0.05, 0.1) is 12.6 Å². The monoisotopic (exact) mass is 353 g/mol. The number of hydrogen-bond donors (Lipinski definition) is 3. The quantitative estimate of drug-likeness (QED) is 0.748. The second kappa shape index (κ2) is 7.45. The van der Waals surface area contributed by atoms with Crippen LogP contribution in [0, 0.1) is 0 Å². The zero-order chi connectivity index (χ0) is 17.9. The molecule has 2 atom stereocenters. The van der Waals surface area contributed by atoms with Gasteiger partial charge in [0.2, 0.25) is 5.91 Å². The van der Waals surface area contributed by atoms with E-state index in [9.17, 15) is 18.4 Å². The van der Waals surface area contributed by atoms with Crippen LogP contribution in [0.5, 0.6) is 0 Å². The Morgan fingerprint density at radius 2 is 2.16 bits per heavy atom. The zero-order valence-electron chi connectivity index (χ0n) is 13.7. The maximum absolute atomic E-state index is 13.1. The molecule has 3 rings (SSSR count). The minimum atomic E-state index is -2.84. The number of alkyl halides is 2. The summed E-state index contributed by atoms with van der Waals surface area (Å²) in [5.41, 5.74) is 1.38. The summed E-state index contributed by atoms with van der Waals surface area (Å²) < 4.78 is 31.6. The van der Waals surface area contributed by atoms with Crippen LogP contribution in [0.3, 0.4) is 0 Å². The van der Waals surface area contributed by atoms with E-state index < -0.39 is 36.9 Å². The first kappa shape index (κ1) is 17.8. The van der Waals surface area contributed by atoms with E-state index in [0.717, 1.165) is 12.0 Å². The van der Waals surface area contributed by atoms with Crippen LogP contribution in [0.2, 0.25) is 0 Å². The van der Waals surface area contributed by atoms with Gasteiger partial charge in [0.1, 0.15) is 6.10 Å². The Bertz CT molecular complexity index is 648. The van der Waals surface area contributed by atoms with Crippen molar-refractivity contribution in [3.05, 3.63) is 29.8 Å². The highest BCUT2D eigenvalue weighted by Gasteiger charge is 2.42. The average Bonchev–Trinajstić information content (AvgIpc) is 3.22. The van der Waals surface area contributed by atoms with Crippen molar-refractivity contribution in [3.63, 3.8) is 0 Å². The fraction of sp³-hybridized carbons (Fsp3) is 0.529. The molecule has 0 saturated carbocycles. The van der Waals surface area contributed by atoms with Crippen LogP contribution in [0.25, 0.3) is 0 Å². The fourth-order valence-electron chi connectivity index (χ4n) is 2.98. The van der Waals surface area contributed by atoms with E-state index in [1.807, 2.05) is 0 Å². The second-order valence-corrected chi connectivity index (χ2v) is 6.40. The molecule has 2 aliphatic heterocycles. The molecule has 0 bridgehead atoms. The molecule has 25 heavy (non-hydrogen) atoms. The van der Waals surface area contributed by atoms with Crippen molar-refractivity contribution >= 4 is 17.5 Å². The third-order valence-corrected chi connectivity index (χ3v) is 4.31. The lowest BCUT2D eigenvalue weighted by Gasteiger charge is -2.13. The Morgan fingerprint density at radius 3 is 2.84 bits per heavy atom. The summed E-state index contributed by atoms with van der Waals surface area (Å²) in [5, 5.41) is 7.95. The van der Waals surface area contributed by atoms with Crippen LogP contribution in [0.1, 0.15) is 24.8 Å². The van der Waals surface area contributed by atoms with Crippen LogP contribution in [0.15, 0.2) is 24.3 Å². The van der Waals surface area contributed by atoms with Crippen molar-refractivity contribution in [2.24, 2.45) is 0 Å². The smallest absolute Gasteiger partial charge is 0.262 e. The third kappa shape index (κ3) is 4.73. The summed E-state index contributed by atoms with van der Waals surface area (Å²) in [4.78, 5) is 24.0. The van der Waals surface area contributed by atoms with Gasteiger partial charge in [-0.25, -0.2) is 8.78 Å². The summed E-state index contributed by atoms with van der Waals surface area (Å²) in [6.07, 6.45) is 0.675. The third-order valence-electron chi connectivity index (χ3n) is 4.31. The van der Waals surface area contributed by atoms with E-state index in [0.29, 0.717) is 18.7 Å². The molecule has 0 radical (unpaired) electrons. The highest BCUT2D eigenvalue weighted by molar-refractivity contribution is 5.94. The first-order valence-corrected chi connectivity index (χ1v) is 8.33. The van der Waals surface area contributed by atoms with E-state index in [1.165, 1.54) is 0 Å². The van der Waals surface area contributed by atoms with Gasteiger partial charge in [0.15, 0.2) is 0 Å². The molecule has 1 aromatic carbocycles. The van der Waals surface area contributed by atoms with Crippen molar-refractivity contribution in [1.29, 1.82) is 0 Å². The van der Waals surface area contributed by atoms with Crippen LogP contribution in [0.4, 0.5) is 14.5 Å². The first-order chi connectivity index (χ1) is 11.9. The molecular weight excluding hydrogens is 332 g/mol. The number of nitrogens with one attached hydrogen (secondary N) is 3. The molecule has 2 amide bonds. The molecule has 0 aromatic heterocycles. The first-order valence-electron chi connectivity index (χ1n) is 8.33. The number of ether oxygens (including phenoxy) is 1. The van der Waals surface area contributed by atoms with Gasteiger partial charge in [-0.2, -0.15) is 0 Å². The summed E-state index contributed by atoms with van der Waals surface area (Å²) >= 11 is 0. The molecule has 2 unspecified atom stereocenters. The van der Waals surface area contributed by atoms with Crippen LogP contribution < -0.4 is 16.0 Å². The van der Waals surface area contributed by atoms with Gasteiger partial charge >= 0.3 is 0 Å². The van der Waals surface area contributed by atoms with E-state index in [1.54, 1.807) is 24.3 Å². The molecule has 2 saturated heterocycles. The average molecular weight is 353 g/mol. The zero-order valence-corrected chi connectivity index (χ0v) is 13.7. The van der Waals surface area contributed by atoms with Crippen molar-refractivity contribution in [1.82, 2.24) is 10.6 Å². The van der Waals surface area contributed by atoms with Crippen molar-refractivity contribution < 1.29 is 23.1 Å². The lowest BCUT2D eigenvalue weighted by Crippen LogP contribution is -2.40. The number of benzene rings is 1. The van der Waals surface area contributed by atoms with Gasteiger partial charge < -0.3 is 15.4 Å². The van der Waals surface area contributed by atoms with Gasteiger partial charge in [-0.1, -0.05) is 12.1 Å². The minimum absolute atomic E-state index is 0.184. The number of amides is 2. The molecule has 1 aromatic rings. The van der Waals surface area contributed by atoms with E-state index in [2.05, 4.69) is 16.0 Å². The predicted molar refractivity (Wildman–Crippen MR) is 87.2 cm³/mol. The van der Waals surface area contributed by atoms with E-state index >= 15 is 0 Å². The maximum Gasteiger partial charge on any atom is 0.262 e. The Labute approximate surface area is 144 Å². The number of carbonyl (C=O) groups is 2. The Balaban J connectivity index is 1.51. The van der Waals surface area contributed by atoms with E-state index in [-0.39, 0.29) is 12.5 Å². The fourth-order valence-corrected chi connectivity index (χ4v) is 2.98. The number of carbonyl (C=O) groups excluding carboxylic acids is 2. The van der Waals surface area contributed by atoms with Gasteiger partial charge in [-0.05, 0) is 30.5 Å². The SMILES string of the molecule is O=C(NCc1cccc(NC(=O)C2CCCO2)c1)C1CC(F)(F)CN1. The van der Waals surface area contributed by atoms with Crippen molar-refractivity contribution in [2.45, 2.75) is 43.9 Å². The van der Waals surface area contributed by atoms with Crippen molar-refractivity contribution in [2.75, 3.05) is 18.5 Å². The summed E-state index contributed by atoms with van der Waals surface area (Å²) in [7, 11) is 0. The van der Waals surface area contributed by atoms with Crippen molar-refractivity contribution in [3.8, 4) is 0 Å². The lowest BCUT2D eigenvalue weighted by atomic mass is 10.1. The number of rotatable bonds is 5. The molecule has 6 nitrogen and oxygen atoms in total. The Kier molecular flexibility index (Phi) is 5.29. The second-order valence-electron chi connectivity index (χ2n) is 6.40. The van der Waals surface area contributed by atoms with Gasteiger partial charge in [0, 0.05) is 25.3 Å². The summed E-state index contributed by atoms with van der Waals surface area (Å²) in [6.45, 7) is 0.320. The van der Waals surface area contributed by atoms with Gasteiger partial charge in [-0.3, -0.25) is 14.9 Å². The molecule has 2 fully saturated rings. The summed E-state index contributed by atoms with van der Waals surface area (Å²) in [5.74, 6) is -3.48. The lowest BCUT2D eigenvalue weighted by molar-refractivity contribution is -0.125. The largest absolute Gasteiger partial charge is 0.368 e. The maximum atomic E-state index is 13.1. The summed E-state index contributed by atoms with van der Waals surface area (Å²) in [6, 6.07) is 6.16. The van der Waals surface area contributed by atoms with E-state index in [4.69, 9.17) is 4.74 Å². The van der Waals surface area contributed by atoms with Gasteiger partial charge in [0.25, 0.3) is 11.8 Å². The molecule has 0 aliphatic carbocycles.